The highest BCUT2D eigenvalue weighted by Crippen LogP contribution is 2.52. The van der Waals surface area contributed by atoms with Crippen molar-refractivity contribution in [3.05, 3.63) is 131 Å². The number of pyridine rings is 1. The van der Waals surface area contributed by atoms with E-state index in [4.69, 9.17) is 5.73 Å². The highest BCUT2D eigenvalue weighted by molar-refractivity contribution is 5.94. The van der Waals surface area contributed by atoms with Crippen LogP contribution in [0.1, 0.15) is 63.9 Å². The minimum atomic E-state index is -4.07. The van der Waals surface area contributed by atoms with Crippen molar-refractivity contribution in [3.8, 4) is 11.1 Å². The number of hydrogen-bond donors (Lipinski definition) is 2. The van der Waals surface area contributed by atoms with Crippen LogP contribution in [0.2, 0.25) is 0 Å². The van der Waals surface area contributed by atoms with Gasteiger partial charge in [0.05, 0.1) is 22.9 Å². The maximum absolute atomic E-state index is 14.9. The topological polar surface area (TPSA) is 103 Å². The van der Waals surface area contributed by atoms with Crippen molar-refractivity contribution >= 4 is 11.8 Å². The molecule has 3 N–H and O–H groups in total. The Morgan fingerprint density at radius 1 is 0.940 bits per heavy atom. The first-order chi connectivity index (χ1) is 23.5. The molecule has 7 nitrogen and oxygen atoms in total. The maximum atomic E-state index is 14.9. The van der Waals surface area contributed by atoms with E-state index in [2.05, 4.69) is 28.6 Å². The summed E-state index contributed by atoms with van der Waals surface area (Å²) in [5.41, 5.74) is 0.319. The SMILES string of the molecule is C=CC=C.NC(=O)c1cc(-c2cccnc2C(Cc2cc(F)cc(F)c2)NC(=O)Cn2nc(C(F)F)c3c2C(F)(F)CCC3(F)F)ccc1F. The number of fused-ring (bicyclic) bond motifs is 1. The predicted octanol–water partition coefficient (Wildman–Crippen LogP) is 7.83. The highest BCUT2D eigenvalue weighted by atomic mass is 19.3. The molecule has 0 spiro atoms. The normalized spacial score (nSPS) is 14.9. The maximum Gasteiger partial charge on any atom is 0.290 e. The van der Waals surface area contributed by atoms with Crippen molar-refractivity contribution in [2.75, 3.05) is 0 Å². The molecule has 5 rings (SSSR count). The van der Waals surface area contributed by atoms with Crippen LogP contribution < -0.4 is 11.1 Å². The molecule has 1 aliphatic carbocycles. The van der Waals surface area contributed by atoms with Gasteiger partial charge in [-0.05, 0) is 47.9 Å². The van der Waals surface area contributed by atoms with Crippen LogP contribution in [0.15, 0.2) is 80.0 Å². The summed E-state index contributed by atoms with van der Waals surface area (Å²) in [6.07, 6.45) is -2.31. The van der Waals surface area contributed by atoms with Crippen LogP contribution in [-0.2, 0) is 29.6 Å². The molecule has 2 amide bonds. The lowest BCUT2D eigenvalue weighted by Crippen LogP contribution is -2.37. The Hall–Kier alpha value is -5.41. The molecule has 0 aliphatic heterocycles. The van der Waals surface area contributed by atoms with Crippen LogP contribution in [0.3, 0.4) is 0 Å². The zero-order valence-electron chi connectivity index (χ0n) is 25.9. The molecule has 1 aliphatic rings. The van der Waals surface area contributed by atoms with Crippen LogP contribution in [0.25, 0.3) is 11.1 Å². The van der Waals surface area contributed by atoms with E-state index in [9.17, 15) is 49.1 Å². The third-order valence-corrected chi connectivity index (χ3v) is 7.52. The van der Waals surface area contributed by atoms with Crippen molar-refractivity contribution < 1.29 is 49.1 Å². The van der Waals surface area contributed by atoms with Crippen molar-refractivity contribution in [3.63, 3.8) is 0 Å². The second-order valence-electron chi connectivity index (χ2n) is 11.0. The molecule has 1 unspecified atom stereocenters. The van der Waals surface area contributed by atoms with Crippen LogP contribution in [-0.4, -0.2) is 26.6 Å². The largest absolute Gasteiger partial charge is 0.366 e. The van der Waals surface area contributed by atoms with Crippen LogP contribution in [0.5, 0.6) is 0 Å². The van der Waals surface area contributed by atoms with E-state index in [0.717, 1.165) is 24.3 Å². The van der Waals surface area contributed by atoms with Gasteiger partial charge < -0.3 is 11.1 Å². The second kappa shape index (κ2) is 15.0. The Balaban J connectivity index is 0.00000133. The minimum absolute atomic E-state index is 0.0148. The molecule has 16 heteroatoms. The van der Waals surface area contributed by atoms with Crippen LogP contribution >= 0.6 is 0 Å². The average molecular weight is 710 g/mol. The Morgan fingerprint density at radius 2 is 1.58 bits per heavy atom. The molecule has 4 aromatic rings. The fourth-order valence-electron chi connectivity index (χ4n) is 5.41. The molecule has 2 heterocycles. The number of amides is 2. The molecule has 264 valence electrons. The third-order valence-electron chi connectivity index (χ3n) is 7.52. The number of allylic oxidation sites excluding steroid dienone is 2. The number of hydrogen-bond acceptors (Lipinski definition) is 4. The summed E-state index contributed by atoms with van der Waals surface area (Å²) in [4.78, 5) is 29.3. The van der Waals surface area contributed by atoms with Gasteiger partial charge in [0.25, 0.3) is 24.2 Å². The standard InChI is InChI=1S/C30H22F9N5O2.C4H6/c31-16-8-14(9-17(32)12-16)10-21(24-18(2-1-7-41-24)15-3-4-20(33)19(11-15)28(40)46)42-22(45)13-44-26-23(25(43-44)27(34)35)29(36,37)5-6-30(26,38)39;1-3-4-2/h1-4,7-9,11-12,21,27H,5-6,10,13H2,(H2,40,46)(H,42,45);3-4H,1-2H2. The van der Waals surface area contributed by atoms with Gasteiger partial charge in [0.2, 0.25) is 5.91 Å². The van der Waals surface area contributed by atoms with E-state index in [1.807, 2.05) is 0 Å². The number of alkyl halides is 6. The van der Waals surface area contributed by atoms with E-state index in [0.29, 0.717) is 6.07 Å². The van der Waals surface area contributed by atoms with Gasteiger partial charge in [-0.2, -0.15) is 13.9 Å². The summed E-state index contributed by atoms with van der Waals surface area (Å²) in [6, 6.07) is 7.32. The summed E-state index contributed by atoms with van der Waals surface area (Å²) in [7, 11) is 0. The van der Waals surface area contributed by atoms with Gasteiger partial charge in [-0.3, -0.25) is 19.3 Å². The number of primary amides is 1. The Labute approximate surface area is 279 Å². The molecule has 1 atom stereocenters. The van der Waals surface area contributed by atoms with Crippen molar-refractivity contribution in [1.82, 2.24) is 20.1 Å². The van der Waals surface area contributed by atoms with Crippen LogP contribution in [0.4, 0.5) is 39.5 Å². The zero-order valence-corrected chi connectivity index (χ0v) is 25.9. The molecule has 0 bridgehead atoms. The van der Waals surface area contributed by atoms with Gasteiger partial charge in [0.1, 0.15) is 35.4 Å². The molecule has 0 fully saturated rings. The first kappa shape index (κ1) is 37.4. The van der Waals surface area contributed by atoms with E-state index < -0.39 is 95.5 Å². The molecule has 0 radical (unpaired) electrons. The Bertz CT molecular complexity index is 1900. The third kappa shape index (κ3) is 8.23. The monoisotopic (exact) mass is 709 g/mol. The number of carbonyl (C=O) groups excluding carboxylic acids is 2. The summed E-state index contributed by atoms with van der Waals surface area (Å²) in [5.74, 6) is -13.3. The average Bonchev–Trinajstić information content (AvgIpc) is 3.45. The van der Waals surface area contributed by atoms with Crippen molar-refractivity contribution in [1.29, 1.82) is 0 Å². The quantitative estimate of drug-likeness (QED) is 0.129. The number of nitrogens with one attached hydrogen (secondary N) is 1. The second-order valence-corrected chi connectivity index (χ2v) is 11.0. The summed E-state index contributed by atoms with van der Waals surface area (Å²) >= 11 is 0. The van der Waals surface area contributed by atoms with Gasteiger partial charge in [0, 0.05) is 30.7 Å². The van der Waals surface area contributed by atoms with Crippen molar-refractivity contribution in [2.45, 2.75) is 50.1 Å². The molecule has 0 saturated heterocycles. The smallest absolute Gasteiger partial charge is 0.290 e. The lowest BCUT2D eigenvalue weighted by atomic mass is 9.89. The lowest BCUT2D eigenvalue weighted by Gasteiger charge is -2.29. The number of halogens is 9. The number of aromatic nitrogens is 3. The van der Waals surface area contributed by atoms with E-state index in [1.165, 1.54) is 24.4 Å². The first-order valence-electron chi connectivity index (χ1n) is 14.7. The molecule has 2 aromatic heterocycles. The fourth-order valence-corrected chi connectivity index (χ4v) is 5.41. The molecular formula is C34H28F9N5O2. The number of rotatable bonds is 10. The fraction of sp³-hybridized carbons (Fsp3) is 0.235. The summed E-state index contributed by atoms with van der Waals surface area (Å²) in [6.45, 7) is 5.50. The van der Waals surface area contributed by atoms with Gasteiger partial charge in [-0.25, -0.2) is 30.7 Å². The lowest BCUT2D eigenvalue weighted by molar-refractivity contribution is -0.123. The molecule has 0 saturated carbocycles. The minimum Gasteiger partial charge on any atom is -0.366 e. The van der Waals surface area contributed by atoms with Gasteiger partial charge in [-0.1, -0.05) is 37.4 Å². The van der Waals surface area contributed by atoms with E-state index in [1.54, 1.807) is 12.2 Å². The number of nitrogens with zero attached hydrogens (tertiary/aromatic N) is 3. The number of nitrogens with two attached hydrogens (primary N) is 1. The van der Waals surface area contributed by atoms with Gasteiger partial charge in [-0.15, -0.1) is 0 Å². The highest BCUT2D eigenvalue weighted by Gasteiger charge is 2.55. The summed E-state index contributed by atoms with van der Waals surface area (Å²) in [5, 5.41) is 5.69. The zero-order chi connectivity index (χ0) is 37.0. The number of benzene rings is 2. The van der Waals surface area contributed by atoms with Crippen LogP contribution in [0, 0.1) is 17.5 Å². The van der Waals surface area contributed by atoms with Crippen molar-refractivity contribution in [2.24, 2.45) is 5.73 Å². The molecular weight excluding hydrogens is 681 g/mol. The Morgan fingerprint density at radius 3 is 2.18 bits per heavy atom. The van der Waals surface area contributed by atoms with Gasteiger partial charge in [0.15, 0.2) is 0 Å². The number of carbonyl (C=O) groups is 2. The predicted molar refractivity (Wildman–Crippen MR) is 164 cm³/mol. The first-order valence-corrected chi connectivity index (χ1v) is 14.7. The Kier molecular flexibility index (Phi) is 11.2. The van der Waals surface area contributed by atoms with Gasteiger partial charge >= 0.3 is 0 Å². The molecule has 50 heavy (non-hydrogen) atoms. The molecule has 2 aromatic carbocycles. The van der Waals surface area contributed by atoms with E-state index >= 15 is 0 Å². The summed E-state index contributed by atoms with van der Waals surface area (Å²) < 4.78 is 129. The van der Waals surface area contributed by atoms with E-state index in [-0.39, 0.29) is 33.5 Å².